The van der Waals surface area contributed by atoms with Crippen molar-refractivity contribution in [1.82, 2.24) is 72.4 Å². The fourth-order valence-electron chi connectivity index (χ4n) is 6.06. The van der Waals surface area contributed by atoms with Crippen LogP contribution >= 0.6 is 0 Å². The first-order valence-electron chi connectivity index (χ1n) is 23.3. The van der Waals surface area contributed by atoms with E-state index in [0.717, 1.165) is 0 Å². The van der Waals surface area contributed by atoms with Crippen LogP contribution in [0.1, 0.15) is 26.2 Å². The zero-order valence-electron chi connectivity index (χ0n) is 42.3. The van der Waals surface area contributed by atoms with Gasteiger partial charge in [0, 0.05) is 32.5 Å². The number of aliphatic carboxylic acids is 4. The van der Waals surface area contributed by atoms with Gasteiger partial charge in [0.2, 0.25) is 82.7 Å². The maximum atomic E-state index is 12.8. The zero-order chi connectivity index (χ0) is 59.8. The molecule has 1 saturated heterocycles. The van der Waals surface area contributed by atoms with Gasteiger partial charge in [-0.25, -0.2) is 0 Å². The van der Waals surface area contributed by atoms with Gasteiger partial charge in [-0.1, -0.05) is 6.92 Å². The van der Waals surface area contributed by atoms with E-state index in [9.17, 15) is 106 Å². The maximum absolute atomic E-state index is 12.8. The summed E-state index contributed by atoms with van der Waals surface area (Å²) in [6.45, 7) is -12.6. The predicted octanol–water partition coefficient (Wildman–Crippen LogP) is -11.7. The number of carboxylic acids is 4. The van der Waals surface area contributed by atoms with Crippen molar-refractivity contribution in [3.8, 4) is 0 Å². The molecule has 1 aliphatic rings. The highest BCUT2D eigenvalue weighted by Crippen LogP contribution is 2.06. The summed E-state index contributed by atoms with van der Waals surface area (Å²) in [4.78, 5) is 232. The van der Waals surface area contributed by atoms with Crippen LogP contribution in [0.5, 0.6) is 0 Å². The third kappa shape index (κ3) is 30.3. The highest BCUT2D eigenvalue weighted by atomic mass is 16.4. The quantitative estimate of drug-likeness (QED) is 0.0203. The van der Waals surface area contributed by atoms with Gasteiger partial charge in [-0.3, -0.25) is 91.1 Å². The van der Waals surface area contributed by atoms with Crippen LogP contribution in [0.25, 0.3) is 0 Å². The summed E-state index contributed by atoms with van der Waals surface area (Å²) in [7, 11) is 0. The van der Waals surface area contributed by atoms with Crippen LogP contribution in [-0.4, -0.2) is 282 Å². The van der Waals surface area contributed by atoms with Gasteiger partial charge in [0.1, 0.15) is 52.4 Å². The number of ketones is 1. The number of carbonyl (C=O) groups is 19. The average molecular weight is 1130 g/mol. The second kappa shape index (κ2) is 35.4. The SMILES string of the molecule is CCC(=O)NCC(=O)N(CC(=O)O)CC(=O)NCC(=O)NCC(=O)N(CC(=O)O)CC(=O)NCCNC(=O)CN(CC(=O)O)C(=O)CNC(=O)CNC(=O)CN(CC(=O)O)C(=O)CNC(=O)CNC(=O)CCN1CC(=O)CC1=O. The minimum absolute atomic E-state index is 0.0243. The molecule has 1 fully saturated rings. The molecule has 0 radical (unpaired) electrons. The van der Waals surface area contributed by atoms with E-state index >= 15 is 0 Å². The number of hydrogen-bond acceptors (Lipinski definition) is 19. The van der Waals surface area contributed by atoms with Gasteiger partial charge in [-0.2, -0.15) is 0 Å². The van der Waals surface area contributed by atoms with Gasteiger partial charge < -0.3 is 92.8 Å². The number of nitrogens with one attached hydrogen (secondary N) is 9. The van der Waals surface area contributed by atoms with Gasteiger partial charge in [-0.05, 0) is 0 Å². The van der Waals surface area contributed by atoms with E-state index in [0.29, 0.717) is 19.6 Å². The van der Waals surface area contributed by atoms with Crippen LogP contribution in [0.3, 0.4) is 0 Å². The number of carboxylic acid groups (broad SMARTS) is 4. The van der Waals surface area contributed by atoms with Gasteiger partial charge in [0.15, 0.2) is 5.78 Å². The Morgan fingerprint density at radius 3 is 0.937 bits per heavy atom. The van der Waals surface area contributed by atoms with Crippen molar-refractivity contribution < 1.29 is 112 Å². The molecule has 14 amide bonds. The number of likely N-dealkylation sites (tertiary alicyclic amines) is 1. The number of nitrogens with zero attached hydrogens (tertiary/aromatic N) is 5. The Kier molecular flexibility index (Phi) is 30.1. The summed E-state index contributed by atoms with van der Waals surface area (Å²) in [6.07, 6.45) is -0.481. The molecule has 0 spiro atoms. The lowest BCUT2D eigenvalue weighted by Gasteiger charge is -2.22. The van der Waals surface area contributed by atoms with Crippen LogP contribution in [-0.2, 0) is 91.1 Å². The monoisotopic (exact) mass is 1130 g/mol. The second-order valence-corrected chi connectivity index (χ2v) is 16.3. The van der Waals surface area contributed by atoms with Crippen LogP contribution in [0.2, 0.25) is 0 Å². The summed E-state index contributed by atoms with van der Waals surface area (Å²) in [6, 6.07) is 0. The first kappa shape index (κ1) is 67.1. The highest BCUT2D eigenvalue weighted by Gasteiger charge is 2.28. The molecule has 37 nitrogen and oxygen atoms in total. The Hall–Kier alpha value is -9.87. The number of hydrogen-bond donors (Lipinski definition) is 13. The zero-order valence-corrected chi connectivity index (χ0v) is 42.3. The van der Waals surface area contributed by atoms with E-state index in [4.69, 9.17) is 5.11 Å². The van der Waals surface area contributed by atoms with E-state index in [2.05, 4.69) is 47.9 Å². The van der Waals surface area contributed by atoms with Crippen molar-refractivity contribution in [2.75, 3.05) is 124 Å². The summed E-state index contributed by atoms with van der Waals surface area (Å²) < 4.78 is 0. The molecule has 0 aliphatic carbocycles. The molecule has 79 heavy (non-hydrogen) atoms. The molecular weight excluding hydrogens is 1070 g/mol. The molecule has 13 N–H and O–H groups in total. The molecule has 0 saturated carbocycles. The number of rotatable bonds is 37. The molecule has 0 aromatic rings. The van der Waals surface area contributed by atoms with Crippen LogP contribution in [0.4, 0.5) is 0 Å². The first-order chi connectivity index (χ1) is 37.1. The van der Waals surface area contributed by atoms with E-state index in [1.165, 1.54) is 11.8 Å². The Bertz CT molecular complexity index is 2380. The Morgan fingerprint density at radius 1 is 0.380 bits per heavy atom. The van der Waals surface area contributed by atoms with Crippen molar-refractivity contribution in [3.63, 3.8) is 0 Å². The van der Waals surface area contributed by atoms with Crippen molar-refractivity contribution in [1.29, 1.82) is 0 Å². The molecule has 1 heterocycles. The molecular formula is C42H60N14O23. The molecule has 0 aromatic heterocycles. The van der Waals surface area contributed by atoms with Crippen molar-refractivity contribution >= 4 is 112 Å². The van der Waals surface area contributed by atoms with Crippen molar-refractivity contribution in [3.05, 3.63) is 0 Å². The van der Waals surface area contributed by atoms with E-state index in [-0.39, 0.29) is 51.2 Å². The minimum Gasteiger partial charge on any atom is -0.480 e. The standard InChI is InChI=1S/C42H60N14O23/c1-2-25(58)48-11-35(68)55(22-41(76)77)18-32(65)46-9-28(61)50-12-36(69)53(20-39(72)73)16-30(63)43-4-5-44-31(64)17-54(21-40(74)75)37(70)13-51-29(62)10-47-33(66)19-56(23-42(78)79)38(71)14-49-27(60)8-45-26(59)3-6-52-15-24(57)7-34(52)67/h2-23H2,1H3,(H,43,63)(H,44,64)(H,45,59)(H,46,65)(H,47,66)(H,48,58)(H,49,60)(H,50,61)(H,51,62)(H,72,73)(H,74,75)(H,76,77)(H,78,79). The summed E-state index contributed by atoms with van der Waals surface area (Å²) in [5.41, 5.74) is 0. The maximum Gasteiger partial charge on any atom is 0.323 e. The van der Waals surface area contributed by atoms with Gasteiger partial charge in [0.05, 0.1) is 58.8 Å². The normalized spacial score (nSPS) is 11.3. The Balaban J connectivity index is 2.56. The molecule has 37 heteroatoms. The minimum atomic E-state index is -1.59. The lowest BCUT2D eigenvalue weighted by atomic mass is 10.3. The van der Waals surface area contributed by atoms with Crippen LogP contribution < -0.4 is 47.9 Å². The van der Waals surface area contributed by atoms with E-state index in [1.807, 2.05) is 0 Å². The molecule has 0 unspecified atom stereocenters. The smallest absolute Gasteiger partial charge is 0.323 e. The van der Waals surface area contributed by atoms with E-state index in [1.54, 1.807) is 0 Å². The Labute approximate surface area is 446 Å². The molecule has 1 aliphatic heterocycles. The third-order valence-electron chi connectivity index (χ3n) is 9.91. The largest absolute Gasteiger partial charge is 0.480 e. The van der Waals surface area contributed by atoms with Crippen LogP contribution in [0.15, 0.2) is 0 Å². The average Bonchev–Trinajstić information content (AvgIpc) is 3.70. The number of Topliss-reactive ketones (excluding diaryl/α,β-unsaturated/α-hetero) is 1. The summed E-state index contributed by atoms with van der Waals surface area (Å²) in [5.74, 6) is -19.3. The van der Waals surface area contributed by atoms with E-state index < -0.39 is 205 Å². The fraction of sp³-hybridized carbons (Fsp3) is 0.548. The fourth-order valence-corrected chi connectivity index (χ4v) is 6.06. The molecule has 0 atom stereocenters. The topological polar surface area (TPSA) is 530 Å². The first-order valence-corrected chi connectivity index (χ1v) is 23.3. The summed E-state index contributed by atoms with van der Waals surface area (Å²) >= 11 is 0. The van der Waals surface area contributed by atoms with Gasteiger partial charge >= 0.3 is 23.9 Å². The predicted molar refractivity (Wildman–Crippen MR) is 255 cm³/mol. The molecule has 1 rings (SSSR count). The van der Waals surface area contributed by atoms with Crippen molar-refractivity contribution in [2.24, 2.45) is 0 Å². The van der Waals surface area contributed by atoms with Gasteiger partial charge in [0.25, 0.3) is 0 Å². The lowest BCUT2D eigenvalue weighted by Crippen LogP contribution is -2.50. The number of carbonyl (C=O) groups excluding carboxylic acids is 15. The van der Waals surface area contributed by atoms with Gasteiger partial charge in [-0.15, -0.1) is 0 Å². The third-order valence-corrected chi connectivity index (χ3v) is 9.91. The molecule has 436 valence electrons. The Morgan fingerprint density at radius 2 is 0.658 bits per heavy atom. The lowest BCUT2D eigenvalue weighted by molar-refractivity contribution is -0.146. The molecule has 0 aromatic carbocycles. The summed E-state index contributed by atoms with van der Waals surface area (Å²) in [5, 5.41) is 56.2. The highest BCUT2D eigenvalue weighted by molar-refractivity contribution is 6.05. The number of amides is 14. The van der Waals surface area contributed by atoms with Crippen LogP contribution in [0, 0.1) is 0 Å². The molecule has 0 bridgehead atoms. The second-order valence-electron chi connectivity index (χ2n) is 16.3. The van der Waals surface area contributed by atoms with Crippen molar-refractivity contribution in [2.45, 2.75) is 26.2 Å².